The van der Waals surface area contributed by atoms with Gasteiger partial charge in [-0.15, -0.1) is 0 Å². The Bertz CT molecular complexity index is 894. The van der Waals surface area contributed by atoms with Crippen molar-refractivity contribution in [2.24, 2.45) is 0 Å². The van der Waals surface area contributed by atoms with Gasteiger partial charge in [-0.05, 0) is 49.6 Å². The number of nitrogens with one attached hydrogen (secondary N) is 2. The Labute approximate surface area is 177 Å². The van der Waals surface area contributed by atoms with Gasteiger partial charge in [-0.25, -0.2) is 4.79 Å². The van der Waals surface area contributed by atoms with Crippen molar-refractivity contribution in [2.45, 2.75) is 64.1 Å². The maximum atomic E-state index is 13.1. The number of fused-ring (bicyclic) bond motifs is 1. The lowest BCUT2D eigenvalue weighted by Gasteiger charge is -2.34. The van der Waals surface area contributed by atoms with Crippen LogP contribution in [0.25, 0.3) is 0 Å². The number of anilines is 2. The molecular weight excluding hydrogens is 378 g/mol. The molecule has 2 aromatic rings. The van der Waals surface area contributed by atoms with Gasteiger partial charge in [0.15, 0.2) is 6.10 Å². The SMILES string of the molecule is CCC1Oc2ccc(NC(=O)Nc3ccccc3)cc2CN(C2CCCCC2)C1=O. The lowest BCUT2D eigenvalue weighted by molar-refractivity contribution is -0.141. The molecule has 0 aromatic heterocycles. The molecule has 0 saturated heterocycles. The Hall–Kier alpha value is -3.02. The number of nitrogens with zero attached hydrogens (tertiary/aromatic N) is 1. The number of ether oxygens (including phenoxy) is 1. The Kier molecular flexibility index (Phi) is 6.21. The quantitative estimate of drug-likeness (QED) is 0.735. The molecule has 1 saturated carbocycles. The van der Waals surface area contributed by atoms with Gasteiger partial charge in [-0.3, -0.25) is 4.79 Å². The molecule has 0 spiro atoms. The van der Waals surface area contributed by atoms with E-state index in [4.69, 9.17) is 4.74 Å². The van der Waals surface area contributed by atoms with Crippen molar-refractivity contribution in [2.75, 3.05) is 10.6 Å². The van der Waals surface area contributed by atoms with Crippen molar-refractivity contribution in [3.63, 3.8) is 0 Å². The van der Waals surface area contributed by atoms with E-state index in [9.17, 15) is 9.59 Å². The van der Waals surface area contributed by atoms with Crippen LogP contribution < -0.4 is 15.4 Å². The van der Waals surface area contributed by atoms with E-state index in [0.717, 1.165) is 29.8 Å². The summed E-state index contributed by atoms with van der Waals surface area (Å²) in [5, 5.41) is 5.70. The Morgan fingerprint density at radius 2 is 1.77 bits per heavy atom. The van der Waals surface area contributed by atoms with Crippen LogP contribution in [-0.4, -0.2) is 29.0 Å². The fraction of sp³-hybridized carbons (Fsp3) is 0.417. The summed E-state index contributed by atoms with van der Waals surface area (Å²) in [6, 6.07) is 14.9. The molecule has 1 heterocycles. The standard InChI is InChI=1S/C24H29N3O3/c1-2-21-23(28)27(20-11-7-4-8-12-20)16-17-15-19(13-14-22(17)30-21)26-24(29)25-18-9-5-3-6-10-18/h3,5-6,9-10,13-15,20-21H,2,4,7-8,11-12,16H2,1H3,(H2,25,26,29). The second-order valence-electron chi connectivity index (χ2n) is 8.04. The lowest BCUT2D eigenvalue weighted by Crippen LogP contribution is -2.45. The van der Waals surface area contributed by atoms with Gasteiger partial charge in [0, 0.05) is 29.5 Å². The van der Waals surface area contributed by atoms with Crippen molar-refractivity contribution >= 4 is 23.3 Å². The first-order valence-corrected chi connectivity index (χ1v) is 10.9. The average Bonchev–Trinajstić information content (AvgIpc) is 2.91. The molecule has 2 N–H and O–H groups in total. The van der Waals surface area contributed by atoms with E-state index in [2.05, 4.69) is 10.6 Å². The van der Waals surface area contributed by atoms with Crippen LogP contribution >= 0.6 is 0 Å². The molecule has 1 fully saturated rings. The van der Waals surface area contributed by atoms with Crippen LogP contribution in [0.1, 0.15) is 51.0 Å². The number of hydrogen-bond acceptors (Lipinski definition) is 3. The van der Waals surface area contributed by atoms with Crippen LogP contribution in [0.5, 0.6) is 5.75 Å². The predicted molar refractivity (Wildman–Crippen MR) is 118 cm³/mol. The van der Waals surface area contributed by atoms with E-state index >= 15 is 0 Å². The molecule has 2 aromatic carbocycles. The summed E-state index contributed by atoms with van der Waals surface area (Å²) in [5.41, 5.74) is 2.34. The van der Waals surface area contributed by atoms with Crippen molar-refractivity contribution in [1.82, 2.24) is 4.90 Å². The molecule has 158 valence electrons. The highest BCUT2D eigenvalue weighted by Gasteiger charge is 2.34. The Balaban J connectivity index is 1.53. The third-order valence-corrected chi connectivity index (χ3v) is 5.90. The van der Waals surface area contributed by atoms with Crippen LogP contribution in [0.15, 0.2) is 48.5 Å². The average molecular weight is 408 g/mol. The van der Waals surface area contributed by atoms with E-state index in [1.807, 2.05) is 60.4 Å². The number of benzene rings is 2. The van der Waals surface area contributed by atoms with Gasteiger partial charge in [-0.2, -0.15) is 0 Å². The minimum atomic E-state index is -0.451. The highest BCUT2D eigenvalue weighted by molar-refractivity contribution is 5.99. The van der Waals surface area contributed by atoms with Crippen molar-refractivity contribution < 1.29 is 14.3 Å². The topological polar surface area (TPSA) is 70.7 Å². The maximum Gasteiger partial charge on any atom is 0.323 e. The summed E-state index contributed by atoms with van der Waals surface area (Å²) < 4.78 is 6.08. The molecule has 0 radical (unpaired) electrons. The van der Waals surface area contributed by atoms with Crippen molar-refractivity contribution in [1.29, 1.82) is 0 Å². The second-order valence-corrected chi connectivity index (χ2v) is 8.04. The van der Waals surface area contributed by atoms with E-state index in [1.165, 1.54) is 19.3 Å². The first kappa shape index (κ1) is 20.3. The zero-order valence-electron chi connectivity index (χ0n) is 17.4. The first-order chi connectivity index (χ1) is 14.6. The van der Waals surface area contributed by atoms with E-state index < -0.39 is 6.10 Å². The van der Waals surface area contributed by atoms with Gasteiger partial charge in [-0.1, -0.05) is 44.4 Å². The Morgan fingerprint density at radius 3 is 2.50 bits per heavy atom. The molecule has 0 bridgehead atoms. The number of para-hydroxylation sites is 1. The molecule has 30 heavy (non-hydrogen) atoms. The maximum absolute atomic E-state index is 13.1. The van der Waals surface area contributed by atoms with Crippen LogP contribution in [0.4, 0.5) is 16.2 Å². The van der Waals surface area contributed by atoms with Gasteiger partial charge < -0.3 is 20.3 Å². The Morgan fingerprint density at radius 1 is 1.03 bits per heavy atom. The largest absolute Gasteiger partial charge is 0.480 e. The smallest absolute Gasteiger partial charge is 0.323 e. The summed E-state index contributed by atoms with van der Waals surface area (Å²) in [4.78, 5) is 27.5. The fourth-order valence-corrected chi connectivity index (χ4v) is 4.32. The highest BCUT2D eigenvalue weighted by Crippen LogP contribution is 2.33. The number of rotatable bonds is 4. The summed E-state index contributed by atoms with van der Waals surface area (Å²) in [7, 11) is 0. The minimum Gasteiger partial charge on any atom is -0.480 e. The number of urea groups is 1. The van der Waals surface area contributed by atoms with E-state index in [1.54, 1.807) is 0 Å². The fourth-order valence-electron chi connectivity index (χ4n) is 4.32. The lowest BCUT2D eigenvalue weighted by atomic mass is 9.93. The van der Waals surface area contributed by atoms with Gasteiger partial charge in [0.25, 0.3) is 5.91 Å². The third-order valence-electron chi connectivity index (χ3n) is 5.90. The molecule has 4 rings (SSSR count). The molecule has 2 aliphatic rings. The van der Waals surface area contributed by atoms with Crippen LogP contribution in [0.2, 0.25) is 0 Å². The van der Waals surface area contributed by atoms with E-state index in [-0.39, 0.29) is 18.0 Å². The first-order valence-electron chi connectivity index (χ1n) is 10.9. The zero-order chi connectivity index (χ0) is 20.9. The predicted octanol–water partition coefficient (Wildman–Crippen LogP) is 5.16. The number of amides is 3. The van der Waals surface area contributed by atoms with Gasteiger partial charge in [0.05, 0.1) is 0 Å². The molecule has 6 heteroatoms. The number of hydrogen-bond donors (Lipinski definition) is 2. The molecule has 1 aliphatic carbocycles. The summed E-state index contributed by atoms with van der Waals surface area (Å²) in [6.45, 7) is 2.50. The van der Waals surface area contributed by atoms with Crippen molar-refractivity contribution in [3.8, 4) is 5.75 Å². The van der Waals surface area contributed by atoms with Gasteiger partial charge >= 0.3 is 6.03 Å². The molecule has 6 nitrogen and oxygen atoms in total. The number of carbonyl (C=O) groups excluding carboxylic acids is 2. The second kappa shape index (κ2) is 9.20. The van der Waals surface area contributed by atoms with Crippen molar-refractivity contribution in [3.05, 3.63) is 54.1 Å². The summed E-state index contributed by atoms with van der Waals surface area (Å²) in [5.74, 6) is 0.805. The minimum absolute atomic E-state index is 0.0805. The molecule has 1 unspecified atom stereocenters. The third kappa shape index (κ3) is 4.58. The highest BCUT2D eigenvalue weighted by atomic mass is 16.5. The van der Waals surface area contributed by atoms with Crippen LogP contribution in [-0.2, 0) is 11.3 Å². The summed E-state index contributed by atoms with van der Waals surface area (Å²) >= 11 is 0. The normalized spacial score (nSPS) is 19.4. The van der Waals surface area contributed by atoms with Crippen LogP contribution in [0, 0.1) is 0 Å². The molecule has 1 atom stereocenters. The summed E-state index contributed by atoms with van der Waals surface area (Å²) in [6.07, 6.45) is 5.87. The van der Waals surface area contributed by atoms with Gasteiger partial charge in [0.2, 0.25) is 0 Å². The zero-order valence-corrected chi connectivity index (χ0v) is 17.4. The molecule has 3 amide bonds. The monoisotopic (exact) mass is 407 g/mol. The molecule has 1 aliphatic heterocycles. The van der Waals surface area contributed by atoms with E-state index in [0.29, 0.717) is 18.7 Å². The number of carbonyl (C=O) groups is 2. The molecular formula is C24H29N3O3. The van der Waals surface area contributed by atoms with Crippen LogP contribution in [0.3, 0.4) is 0 Å². The van der Waals surface area contributed by atoms with Gasteiger partial charge in [0.1, 0.15) is 5.75 Å².